The normalized spacial score (nSPS) is 11.0. The molecule has 18 heavy (non-hydrogen) atoms. The van der Waals surface area contributed by atoms with Crippen LogP contribution in [0.2, 0.25) is 0 Å². The van der Waals surface area contributed by atoms with E-state index in [1.165, 1.54) is 6.07 Å². The summed E-state index contributed by atoms with van der Waals surface area (Å²) in [5, 5.41) is 0. The average Bonchev–Trinajstić information content (AvgIpc) is 2.75. The van der Waals surface area contributed by atoms with E-state index in [1.54, 1.807) is 30.3 Å². The zero-order chi connectivity index (χ0) is 12.7. The summed E-state index contributed by atoms with van der Waals surface area (Å²) in [4.78, 5) is 4.30. The van der Waals surface area contributed by atoms with Gasteiger partial charge in [0.15, 0.2) is 5.58 Å². The fourth-order valence-electron chi connectivity index (χ4n) is 1.73. The summed E-state index contributed by atoms with van der Waals surface area (Å²) >= 11 is 3.19. The van der Waals surface area contributed by atoms with Gasteiger partial charge in [-0.3, -0.25) is 0 Å². The summed E-state index contributed by atoms with van der Waals surface area (Å²) in [6, 6.07) is 9.91. The van der Waals surface area contributed by atoms with Crippen LogP contribution in [0.15, 0.2) is 45.3 Å². The van der Waals surface area contributed by atoms with Crippen LogP contribution in [0.3, 0.4) is 0 Å². The number of nitrogens with zero attached hydrogens (tertiary/aromatic N) is 1. The maximum Gasteiger partial charge on any atom is 0.228 e. The molecule has 0 amide bonds. The smallest absolute Gasteiger partial charge is 0.228 e. The number of anilines is 1. The molecule has 0 aliphatic heterocycles. The highest BCUT2D eigenvalue weighted by Crippen LogP contribution is 2.32. The molecule has 0 radical (unpaired) electrons. The fourth-order valence-corrected chi connectivity index (χ4v) is 2.16. The van der Waals surface area contributed by atoms with E-state index in [9.17, 15) is 4.39 Å². The number of nitrogens with two attached hydrogens (primary N) is 1. The minimum absolute atomic E-state index is 0.338. The van der Waals surface area contributed by atoms with Crippen LogP contribution in [0.1, 0.15) is 0 Å². The molecule has 1 heterocycles. The standard InChI is InChI=1S/C13H8BrFN2O/c14-12-8(2-1-3-9(12)15)13-17-10-6-7(16)4-5-11(10)18-13/h1-6H,16H2. The molecule has 2 N–H and O–H groups in total. The second-order valence-corrected chi connectivity index (χ2v) is 4.64. The van der Waals surface area contributed by atoms with Crippen LogP contribution in [0.5, 0.6) is 0 Å². The van der Waals surface area contributed by atoms with E-state index in [0.29, 0.717) is 32.7 Å². The molecule has 0 aliphatic rings. The van der Waals surface area contributed by atoms with Gasteiger partial charge in [0.2, 0.25) is 5.89 Å². The zero-order valence-corrected chi connectivity index (χ0v) is 10.7. The molecule has 3 nitrogen and oxygen atoms in total. The Kier molecular flexibility index (Phi) is 2.56. The molecule has 0 bridgehead atoms. The first-order chi connectivity index (χ1) is 8.65. The topological polar surface area (TPSA) is 52.0 Å². The lowest BCUT2D eigenvalue weighted by atomic mass is 10.2. The monoisotopic (exact) mass is 306 g/mol. The van der Waals surface area contributed by atoms with Gasteiger partial charge in [0.25, 0.3) is 0 Å². The lowest BCUT2D eigenvalue weighted by molar-refractivity contribution is 0.607. The minimum atomic E-state index is -0.353. The van der Waals surface area contributed by atoms with Crippen LogP contribution < -0.4 is 5.73 Å². The van der Waals surface area contributed by atoms with Gasteiger partial charge in [-0.25, -0.2) is 9.37 Å². The summed E-state index contributed by atoms with van der Waals surface area (Å²) in [6.45, 7) is 0. The third kappa shape index (κ3) is 1.76. The molecule has 90 valence electrons. The van der Waals surface area contributed by atoms with Crippen molar-refractivity contribution in [1.29, 1.82) is 0 Å². The summed E-state index contributed by atoms with van der Waals surface area (Å²) in [7, 11) is 0. The highest BCUT2D eigenvalue weighted by molar-refractivity contribution is 9.10. The van der Waals surface area contributed by atoms with Crippen LogP contribution in [0, 0.1) is 5.82 Å². The molecule has 0 saturated heterocycles. The van der Waals surface area contributed by atoms with Crippen LogP contribution in [-0.4, -0.2) is 4.98 Å². The van der Waals surface area contributed by atoms with Gasteiger partial charge in [0, 0.05) is 5.69 Å². The minimum Gasteiger partial charge on any atom is -0.436 e. The van der Waals surface area contributed by atoms with Crippen molar-refractivity contribution in [1.82, 2.24) is 4.98 Å². The summed E-state index contributed by atoms with van der Waals surface area (Å²) in [5.74, 6) is 0.0104. The Morgan fingerprint density at radius 1 is 1.22 bits per heavy atom. The van der Waals surface area contributed by atoms with Gasteiger partial charge in [0.05, 0.1) is 10.0 Å². The Morgan fingerprint density at radius 3 is 2.89 bits per heavy atom. The SMILES string of the molecule is Nc1ccc2oc(-c3cccc(F)c3Br)nc2c1. The Balaban J connectivity index is 2.22. The summed E-state index contributed by atoms with van der Waals surface area (Å²) in [6.07, 6.45) is 0. The van der Waals surface area contributed by atoms with Crippen LogP contribution in [-0.2, 0) is 0 Å². The number of aromatic nitrogens is 1. The van der Waals surface area contributed by atoms with Crippen LogP contribution in [0.25, 0.3) is 22.6 Å². The van der Waals surface area contributed by atoms with Gasteiger partial charge < -0.3 is 10.2 Å². The van der Waals surface area contributed by atoms with Crippen molar-refractivity contribution in [2.75, 3.05) is 5.73 Å². The molecule has 2 aromatic carbocycles. The quantitative estimate of drug-likeness (QED) is 0.692. The van der Waals surface area contributed by atoms with Gasteiger partial charge >= 0.3 is 0 Å². The molecule has 0 atom stereocenters. The van der Waals surface area contributed by atoms with Gasteiger partial charge in [-0.05, 0) is 46.3 Å². The highest BCUT2D eigenvalue weighted by atomic mass is 79.9. The average molecular weight is 307 g/mol. The number of hydrogen-bond donors (Lipinski definition) is 1. The van der Waals surface area contributed by atoms with Crippen molar-refractivity contribution in [3.63, 3.8) is 0 Å². The third-order valence-electron chi connectivity index (χ3n) is 2.59. The fraction of sp³-hybridized carbons (Fsp3) is 0. The number of oxazole rings is 1. The van der Waals surface area contributed by atoms with E-state index in [4.69, 9.17) is 10.2 Å². The Morgan fingerprint density at radius 2 is 2.06 bits per heavy atom. The van der Waals surface area contributed by atoms with E-state index in [0.717, 1.165) is 0 Å². The number of fused-ring (bicyclic) bond motifs is 1. The van der Waals surface area contributed by atoms with Gasteiger partial charge in [0.1, 0.15) is 11.3 Å². The predicted octanol–water partition coefficient (Wildman–Crippen LogP) is 3.98. The molecule has 3 rings (SSSR count). The number of benzene rings is 2. The summed E-state index contributed by atoms with van der Waals surface area (Å²) < 4.78 is 19.4. The molecular formula is C13H8BrFN2O. The van der Waals surface area contributed by atoms with E-state index < -0.39 is 0 Å². The Hall–Kier alpha value is -1.88. The van der Waals surface area contributed by atoms with E-state index in [1.807, 2.05) is 0 Å². The number of rotatable bonds is 1. The lowest BCUT2D eigenvalue weighted by Gasteiger charge is -1.99. The Labute approximate surface area is 111 Å². The number of nitrogen functional groups attached to an aromatic ring is 1. The lowest BCUT2D eigenvalue weighted by Crippen LogP contribution is -1.84. The van der Waals surface area contributed by atoms with Crippen LogP contribution in [0.4, 0.5) is 10.1 Å². The largest absolute Gasteiger partial charge is 0.436 e. The van der Waals surface area contributed by atoms with Crippen molar-refractivity contribution < 1.29 is 8.81 Å². The highest BCUT2D eigenvalue weighted by Gasteiger charge is 2.13. The van der Waals surface area contributed by atoms with Gasteiger partial charge in [-0.2, -0.15) is 0 Å². The predicted molar refractivity (Wildman–Crippen MR) is 71.5 cm³/mol. The van der Waals surface area contributed by atoms with E-state index in [-0.39, 0.29) is 5.82 Å². The third-order valence-corrected chi connectivity index (χ3v) is 3.40. The van der Waals surface area contributed by atoms with E-state index in [2.05, 4.69) is 20.9 Å². The molecule has 1 aromatic heterocycles. The molecule has 3 aromatic rings. The molecular weight excluding hydrogens is 299 g/mol. The number of halogens is 2. The molecule has 0 spiro atoms. The number of hydrogen-bond acceptors (Lipinski definition) is 3. The van der Waals surface area contributed by atoms with E-state index >= 15 is 0 Å². The molecule has 0 saturated carbocycles. The first kappa shape index (κ1) is 11.2. The van der Waals surface area contributed by atoms with Crippen LogP contribution >= 0.6 is 15.9 Å². The van der Waals surface area contributed by atoms with Gasteiger partial charge in [-0.15, -0.1) is 0 Å². The first-order valence-electron chi connectivity index (χ1n) is 5.25. The Bertz CT molecular complexity index is 739. The molecule has 0 aliphatic carbocycles. The van der Waals surface area contributed by atoms with Crippen molar-refractivity contribution in [3.05, 3.63) is 46.7 Å². The first-order valence-corrected chi connectivity index (χ1v) is 6.05. The van der Waals surface area contributed by atoms with Crippen molar-refractivity contribution in [2.24, 2.45) is 0 Å². The summed E-state index contributed by atoms with van der Waals surface area (Å²) in [5.41, 5.74) is 8.14. The maximum atomic E-state index is 13.4. The van der Waals surface area contributed by atoms with Crippen molar-refractivity contribution in [2.45, 2.75) is 0 Å². The molecule has 0 unspecified atom stereocenters. The van der Waals surface area contributed by atoms with Gasteiger partial charge in [-0.1, -0.05) is 6.07 Å². The molecule has 0 fully saturated rings. The van der Waals surface area contributed by atoms with Crippen molar-refractivity contribution in [3.8, 4) is 11.5 Å². The second-order valence-electron chi connectivity index (χ2n) is 3.85. The maximum absolute atomic E-state index is 13.4. The second kappa shape index (κ2) is 4.10. The zero-order valence-electron chi connectivity index (χ0n) is 9.15. The van der Waals surface area contributed by atoms with Crippen molar-refractivity contribution >= 4 is 32.7 Å². The molecule has 5 heteroatoms.